The molecule has 1 atom stereocenters. The number of hydrogen-bond donors (Lipinski definition) is 2. The molecule has 0 spiro atoms. The SMILES string of the molecule is O=C(NCC(C(=O)O)c1ccc2c(c1)OCO2)OCc1ccccc1. The lowest BCUT2D eigenvalue weighted by molar-refractivity contribution is -0.138. The molecule has 1 aliphatic rings. The molecule has 0 saturated heterocycles. The molecule has 3 rings (SSSR count). The van der Waals surface area contributed by atoms with Crippen LogP contribution in [-0.4, -0.2) is 30.5 Å². The molecule has 1 heterocycles. The van der Waals surface area contributed by atoms with Gasteiger partial charge in [-0.05, 0) is 23.3 Å². The molecular weight excluding hydrogens is 326 g/mol. The maximum Gasteiger partial charge on any atom is 0.407 e. The van der Waals surface area contributed by atoms with Gasteiger partial charge in [0.1, 0.15) is 6.61 Å². The molecule has 1 aliphatic heterocycles. The summed E-state index contributed by atoms with van der Waals surface area (Å²) in [5.41, 5.74) is 1.36. The van der Waals surface area contributed by atoms with Crippen molar-refractivity contribution in [3.63, 3.8) is 0 Å². The van der Waals surface area contributed by atoms with Gasteiger partial charge < -0.3 is 24.6 Å². The van der Waals surface area contributed by atoms with Gasteiger partial charge in [-0.15, -0.1) is 0 Å². The van der Waals surface area contributed by atoms with Crippen molar-refractivity contribution in [1.29, 1.82) is 0 Å². The van der Waals surface area contributed by atoms with Crippen molar-refractivity contribution in [2.75, 3.05) is 13.3 Å². The molecule has 7 heteroatoms. The number of nitrogens with one attached hydrogen (secondary N) is 1. The number of hydrogen-bond acceptors (Lipinski definition) is 5. The number of carboxylic acids is 1. The Balaban J connectivity index is 1.57. The van der Waals surface area contributed by atoms with Crippen molar-refractivity contribution in [3.8, 4) is 11.5 Å². The first-order chi connectivity index (χ1) is 12.1. The Morgan fingerprint density at radius 1 is 1.12 bits per heavy atom. The van der Waals surface area contributed by atoms with E-state index in [0.29, 0.717) is 17.1 Å². The highest BCUT2D eigenvalue weighted by Crippen LogP contribution is 2.34. The number of alkyl carbamates (subject to hydrolysis) is 1. The van der Waals surface area contributed by atoms with Crippen LogP contribution in [0.25, 0.3) is 0 Å². The van der Waals surface area contributed by atoms with Gasteiger partial charge in [-0.1, -0.05) is 36.4 Å². The van der Waals surface area contributed by atoms with E-state index in [1.54, 1.807) is 18.2 Å². The largest absolute Gasteiger partial charge is 0.481 e. The predicted molar refractivity (Wildman–Crippen MR) is 87.6 cm³/mol. The zero-order valence-corrected chi connectivity index (χ0v) is 13.3. The highest BCUT2D eigenvalue weighted by molar-refractivity contribution is 5.78. The van der Waals surface area contributed by atoms with Gasteiger partial charge in [0.2, 0.25) is 6.79 Å². The molecule has 1 unspecified atom stereocenters. The van der Waals surface area contributed by atoms with E-state index < -0.39 is 18.0 Å². The van der Waals surface area contributed by atoms with Crippen LogP contribution in [-0.2, 0) is 16.1 Å². The van der Waals surface area contributed by atoms with E-state index in [-0.39, 0.29) is 19.9 Å². The fourth-order valence-electron chi connectivity index (χ4n) is 2.44. The maximum absolute atomic E-state index is 11.8. The summed E-state index contributed by atoms with van der Waals surface area (Å²) >= 11 is 0. The van der Waals surface area contributed by atoms with Crippen LogP contribution in [0, 0.1) is 0 Å². The Morgan fingerprint density at radius 3 is 2.64 bits per heavy atom. The van der Waals surface area contributed by atoms with Crippen molar-refractivity contribution in [3.05, 3.63) is 59.7 Å². The third-order valence-electron chi connectivity index (χ3n) is 3.76. The zero-order valence-electron chi connectivity index (χ0n) is 13.3. The van der Waals surface area contributed by atoms with Gasteiger partial charge in [-0.3, -0.25) is 4.79 Å². The standard InChI is InChI=1S/C18H17NO6/c20-17(21)14(13-6-7-15-16(8-13)25-11-24-15)9-19-18(22)23-10-12-4-2-1-3-5-12/h1-8,14H,9-11H2,(H,19,22)(H,20,21). The molecule has 1 amide bonds. The number of fused-ring (bicyclic) bond motifs is 1. The fraction of sp³-hybridized carbons (Fsp3) is 0.222. The highest BCUT2D eigenvalue weighted by Gasteiger charge is 2.24. The smallest absolute Gasteiger partial charge is 0.407 e. The molecule has 2 aromatic carbocycles. The number of benzene rings is 2. The van der Waals surface area contributed by atoms with Crippen molar-refractivity contribution < 1.29 is 28.9 Å². The van der Waals surface area contributed by atoms with Crippen molar-refractivity contribution >= 4 is 12.1 Å². The first-order valence-electron chi connectivity index (χ1n) is 7.70. The maximum atomic E-state index is 11.8. The highest BCUT2D eigenvalue weighted by atomic mass is 16.7. The molecule has 0 aromatic heterocycles. The van der Waals surface area contributed by atoms with E-state index in [2.05, 4.69) is 5.32 Å². The Morgan fingerprint density at radius 2 is 1.88 bits per heavy atom. The number of carboxylic acid groups (broad SMARTS) is 1. The van der Waals surface area contributed by atoms with E-state index in [1.807, 2.05) is 30.3 Å². The Bertz CT molecular complexity index is 761. The molecule has 2 N–H and O–H groups in total. The monoisotopic (exact) mass is 343 g/mol. The van der Waals surface area contributed by atoms with Crippen LogP contribution < -0.4 is 14.8 Å². The lowest BCUT2D eigenvalue weighted by atomic mass is 9.99. The third kappa shape index (κ3) is 4.20. The van der Waals surface area contributed by atoms with Crippen molar-refractivity contribution in [1.82, 2.24) is 5.32 Å². The van der Waals surface area contributed by atoms with Crippen LogP contribution in [0.2, 0.25) is 0 Å². The van der Waals surface area contributed by atoms with E-state index in [9.17, 15) is 14.7 Å². The van der Waals surface area contributed by atoms with E-state index >= 15 is 0 Å². The van der Waals surface area contributed by atoms with Crippen molar-refractivity contribution in [2.24, 2.45) is 0 Å². The number of rotatable bonds is 6. The minimum Gasteiger partial charge on any atom is -0.481 e. The summed E-state index contributed by atoms with van der Waals surface area (Å²) in [5, 5.41) is 11.9. The summed E-state index contributed by atoms with van der Waals surface area (Å²) in [6, 6.07) is 14.1. The number of amides is 1. The number of ether oxygens (including phenoxy) is 3. The topological polar surface area (TPSA) is 94.1 Å². The molecule has 25 heavy (non-hydrogen) atoms. The number of aliphatic carboxylic acids is 1. The molecule has 0 bridgehead atoms. The molecule has 130 valence electrons. The van der Waals surface area contributed by atoms with Crippen LogP contribution >= 0.6 is 0 Å². The van der Waals surface area contributed by atoms with Crippen LogP contribution in [0.3, 0.4) is 0 Å². The summed E-state index contributed by atoms with van der Waals surface area (Å²) in [5.74, 6) is -0.903. The second-order valence-corrected chi connectivity index (χ2v) is 5.45. The van der Waals surface area contributed by atoms with E-state index in [1.165, 1.54) is 0 Å². The minimum absolute atomic E-state index is 0.0946. The predicted octanol–water partition coefficient (Wildman–Crippen LogP) is 2.51. The minimum atomic E-state index is -1.05. The van der Waals surface area contributed by atoms with Gasteiger partial charge in [-0.25, -0.2) is 4.79 Å². The fourth-order valence-corrected chi connectivity index (χ4v) is 2.44. The lowest BCUT2D eigenvalue weighted by Crippen LogP contribution is -2.32. The van der Waals surface area contributed by atoms with Crippen molar-refractivity contribution in [2.45, 2.75) is 12.5 Å². The van der Waals surface area contributed by atoms with Crippen LogP contribution in [0.1, 0.15) is 17.0 Å². The quantitative estimate of drug-likeness (QED) is 0.837. The first kappa shape index (κ1) is 16.6. The molecule has 7 nitrogen and oxygen atoms in total. The summed E-state index contributed by atoms with van der Waals surface area (Å²) < 4.78 is 15.5. The number of carbonyl (C=O) groups excluding carboxylic acids is 1. The van der Waals surface area contributed by atoms with Gasteiger partial charge in [0.15, 0.2) is 11.5 Å². The average Bonchev–Trinajstić information content (AvgIpc) is 3.08. The van der Waals surface area contributed by atoms with Gasteiger partial charge in [0, 0.05) is 6.54 Å². The lowest BCUT2D eigenvalue weighted by Gasteiger charge is -2.14. The second kappa shape index (κ2) is 7.57. The Hall–Kier alpha value is -3.22. The number of carbonyl (C=O) groups is 2. The van der Waals surface area contributed by atoms with Gasteiger partial charge in [-0.2, -0.15) is 0 Å². The molecule has 2 aromatic rings. The average molecular weight is 343 g/mol. The molecule has 0 aliphatic carbocycles. The molecule has 0 saturated carbocycles. The molecule has 0 radical (unpaired) electrons. The summed E-state index contributed by atoms with van der Waals surface area (Å²) in [6.07, 6.45) is -0.671. The van der Waals surface area contributed by atoms with Gasteiger partial charge in [0.25, 0.3) is 0 Å². The van der Waals surface area contributed by atoms with Gasteiger partial charge in [0.05, 0.1) is 5.92 Å². The van der Waals surface area contributed by atoms with Crippen LogP contribution in [0.15, 0.2) is 48.5 Å². The third-order valence-corrected chi connectivity index (χ3v) is 3.76. The second-order valence-electron chi connectivity index (χ2n) is 5.45. The van der Waals surface area contributed by atoms with Gasteiger partial charge >= 0.3 is 12.1 Å². The Kier molecular flexibility index (Phi) is 5.03. The summed E-state index contributed by atoms with van der Waals surface area (Å²) in [4.78, 5) is 23.3. The Labute approximate surface area is 144 Å². The van der Waals surface area contributed by atoms with E-state index in [0.717, 1.165) is 5.56 Å². The van der Waals surface area contributed by atoms with Crippen LogP contribution in [0.4, 0.5) is 4.79 Å². The summed E-state index contributed by atoms with van der Waals surface area (Å²) in [6.45, 7) is 0.137. The zero-order chi connectivity index (χ0) is 17.6. The molecular formula is C18H17NO6. The normalized spacial score (nSPS) is 13.1. The summed E-state index contributed by atoms with van der Waals surface area (Å²) in [7, 11) is 0. The van der Waals surface area contributed by atoms with Crippen LogP contribution in [0.5, 0.6) is 11.5 Å². The van der Waals surface area contributed by atoms with E-state index in [4.69, 9.17) is 14.2 Å². The first-order valence-corrected chi connectivity index (χ1v) is 7.70. The molecule has 0 fully saturated rings.